The van der Waals surface area contributed by atoms with Crippen LogP contribution in [0.15, 0.2) is 36.4 Å². The first-order valence-electron chi connectivity index (χ1n) is 9.40. The van der Waals surface area contributed by atoms with Gasteiger partial charge < -0.3 is 14.8 Å². The molecule has 1 aliphatic heterocycles. The van der Waals surface area contributed by atoms with Crippen molar-refractivity contribution in [2.45, 2.75) is 12.8 Å². The van der Waals surface area contributed by atoms with Crippen LogP contribution in [0.5, 0.6) is 11.5 Å². The molecule has 2 aromatic carbocycles. The third-order valence-electron chi connectivity index (χ3n) is 4.97. The molecule has 0 saturated carbocycles. The molecule has 0 aliphatic carbocycles. The molecule has 10 heteroatoms. The van der Waals surface area contributed by atoms with E-state index in [1.165, 1.54) is 4.31 Å². The second kappa shape index (κ2) is 7.86. The molecule has 30 heavy (non-hydrogen) atoms. The van der Waals surface area contributed by atoms with E-state index in [1.54, 1.807) is 50.6 Å². The van der Waals surface area contributed by atoms with Crippen molar-refractivity contribution in [2.75, 3.05) is 36.1 Å². The largest absolute Gasteiger partial charge is 0.497 e. The van der Waals surface area contributed by atoms with E-state index in [2.05, 4.69) is 15.5 Å². The van der Waals surface area contributed by atoms with Crippen LogP contribution in [0, 0.1) is 0 Å². The number of aromatic amines is 1. The molecular weight excluding hydrogens is 408 g/mol. The second-order valence-electron chi connectivity index (χ2n) is 6.99. The van der Waals surface area contributed by atoms with Gasteiger partial charge in [0.05, 0.1) is 37.6 Å². The van der Waals surface area contributed by atoms with Gasteiger partial charge in [0.2, 0.25) is 15.9 Å². The second-order valence-corrected chi connectivity index (χ2v) is 9.00. The van der Waals surface area contributed by atoms with Crippen molar-refractivity contribution < 1.29 is 22.7 Å². The van der Waals surface area contributed by atoms with E-state index < -0.39 is 10.0 Å². The minimum atomic E-state index is -3.29. The van der Waals surface area contributed by atoms with Gasteiger partial charge in [-0.05, 0) is 42.3 Å². The number of carbonyl (C=O) groups is 1. The monoisotopic (exact) mass is 430 g/mol. The Morgan fingerprint density at radius 2 is 1.90 bits per heavy atom. The van der Waals surface area contributed by atoms with Crippen LogP contribution in [-0.2, 0) is 21.2 Å². The average molecular weight is 430 g/mol. The first-order valence-corrected chi connectivity index (χ1v) is 11.0. The predicted molar refractivity (Wildman–Crippen MR) is 114 cm³/mol. The zero-order valence-corrected chi connectivity index (χ0v) is 17.5. The van der Waals surface area contributed by atoms with Crippen LogP contribution in [0.2, 0.25) is 0 Å². The number of aromatic nitrogens is 2. The lowest BCUT2D eigenvalue weighted by molar-refractivity contribution is -0.115. The lowest BCUT2D eigenvalue weighted by atomic mass is 10.1. The van der Waals surface area contributed by atoms with Gasteiger partial charge in [0, 0.05) is 18.0 Å². The number of benzene rings is 2. The Hall–Kier alpha value is -3.27. The zero-order valence-electron chi connectivity index (χ0n) is 16.6. The normalized spacial score (nSPS) is 15.3. The van der Waals surface area contributed by atoms with E-state index in [0.29, 0.717) is 46.9 Å². The van der Waals surface area contributed by atoms with Crippen molar-refractivity contribution in [3.05, 3.63) is 42.0 Å². The Kier molecular flexibility index (Phi) is 5.25. The molecule has 0 bridgehead atoms. The molecule has 3 aromatic rings. The smallest absolute Gasteiger partial charge is 0.235 e. The minimum Gasteiger partial charge on any atom is -0.497 e. The van der Waals surface area contributed by atoms with Crippen molar-refractivity contribution in [3.8, 4) is 11.5 Å². The molecule has 1 aliphatic rings. The minimum absolute atomic E-state index is 0.0993. The predicted octanol–water partition coefficient (Wildman–Crippen LogP) is 2.30. The number of fused-ring (bicyclic) bond motifs is 1. The van der Waals surface area contributed by atoms with Gasteiger partial charge in [-0.1, -0.05) is 0 Å². The molecule has 1 aromatic heterocycles. The lowest BCUT2D eigenvalue weighted by Gasteiger charge is -2.16. The Bertz CT molecular complexity index is 1180. The number of H-pyrrole nitrogens is 1. The fraction of sp³-hybridized carbons (Fsp3) is 0.300. The van der Waals surface area contributed by atoms with E-state index >= 15 is 0 Å². The lowest BCUT2D eigenvalue weighted by Crippen LogP contribution is -2.24. The number of ether oxygens (including phenoxy) is 2. The van der Waals surface area contributed by atoms with Crippen molar-refractivity contribution in [2.24, 2.45) is 0 Å². The van der Waals surface area contributed by atoms with Crippen molar-refractivity contribution >= 4 is 38.3 Å². The number of carbonyl (C=O) groups excluding carboxylic acids is 1. The van der Waals surface area contributed by atoms with E-state index in [4.69, 9.17) is 9.47 Å². The van der Waals surface area contributed by atoms with Gasteiger partial charge >= 0.3 is 0 Å². The summed E-state index contributed by atoms with van der Waals surface area (Å²) in [6.45, 7) is 0.449. The van der Waals surface area contributed by atoms with Crippen LogP contribution in [0.4, 0.5) is 11.5 Å². The van der Waals surface area contributed by atoms with Crippen LogP contribution in [0.1, 0.15) is 12.0 Å². The topological polar surface area (TPSA) is 114 Å². The van der Waals surface area contributed by atoms with Gasteiger partial charge in [0.25, 0.3) is 0 Å². The molecular formula is C20H22N4O5S. The maximum atomic E-state index is 12.6. The van der Waals surface area contributed by atoms with Crippen molar-refractivity contribution in [3.63, 3.8) is 0 Å². The summed E-state index contributed by atoms with van der Waals surface area (Å²) in [4.78, 5) is 12.6. The number of nitrogens with zero attached hydrogens (tertiary/aromatic N) is 2. The number of rotatable bonds is 6. The number of amides is 1. The van der Waals surface area contributed by atoms with Gasteiger partial charge in [0.15, 0.2) is 5.82 Å². The number of hydrogen-bond acceptors (Lipinski definition) is 6. The number of anilines is 2. The summed E-state index contributed by atoms with van der Waals surface area (Å²) < 4.78 is 36.3. The summed E-state index contributed by atoms with van der Waals surface area (Å²) in [5.41, 5.74) is 2.00. The fourth-order valence-corrected chi connectivity index (χ4v) is 5.07. The zero-order chi connectivity index (χ0) is 21.3. The Labute approximate surface area is 174 Å². The SMILES string of the molecule is COc1cc(CC(=O)Nc2n[nH]c3ccc(N4CCCS4(=O)=O)cc23)cc(OC)c1. The molecule has 0 radical (unpaired) electrons. The van der Waals surface area contributed by atoms with Crippen molar-refractivity contribution in [1.29, 1.82) is 0 Å². The van der Waals surface area contributed by atoms with Crippen molar-refractivity contribution in [1.82, 2.24) is 10.2 Å². The van der Waals surface area contributed by atoms with Crippen LogP contribution >= 0.6 is 0 Å². The number of hydrogen-bond donors (Lipinski definition) is 2. The summed E-state index contributed by atoms with van der Waals surface area (Å²) in [6, 6.07) is 10.5. The highest BCUT2D eigenvalue weighted by atomic mass is 32.2. The molecule has 158 valence electrons. The van der Waals surface area contributed by atoms with E-state index in [0.717, 1.165) is 5.56 Å². The van der Waals surface area contributed by atoms with Crippen LogP contribution in [-0.4, -0.2) is 51.0 Å². The summed E-state index contributed by atoms with van der Waals surface area (Å²) in [5.74, 6) is 1.42. The van der Waals surface area contributed by atoms with Crippen LogP contribution < -0.4 is 19.1 Å². The molecule has 2 N–H and O–H groups in total. The molecule has 0 atom stereocenters. The van der Waals surface area contributed by atoms with Gasteiger partial charge in [-0.2, -0.15) is 5.10 Å². The van der Waals surface area contributed by atoms with E-state index in [1.807, 2.05) is 0 Å². The fourth-order valence-electron chi connectivity index (χ4n) is 3.51. The number of sulfonamides is 1. The first-order chi connectivity index (χ1) is 14.4. The Balaban J connectivity index is 1.57. The van der Waals surface area contributed by atoms with Gasteiger partial charge in [-0.15, -0.1) is 0 Å². The van der Waals surface area contributed by atoms with Gasteiger partial charge in [0.1, 0.15) is 11.5 Å². The molecule has 2 heterocycles. The third kappa shape index (κ3) is 3.90. The summed E-state index contributed by atoms with van der Waals surface area (Å²) >= 11 is 0. The Morgan fingerprint density at radius 1 is 1.17 bits per heavy atom. The highest BCUT2D eigenvalue weighted by Gasteiger charge is 2.28. The standard InChI is InChI=1S/C20H22N4O5S/c1-28-15-8-13(9-16(12-15)29-2)10-19(25)21-20-17-11-14(4-5-18(17)22-23-20)24-6-3-7-30(24,26)27/h4-5,8-9,11-12H,3,6-7,10H2,1-2H3,(H2,21,22,23,25). The summed E-state index contributed by atoms with van der Waals surface area (Å²) in [5, 5.41) is 10.5. The van der Waals surface area contributed by atoms with Gasteiger partial charge in [-0.3, -0.25) is 14.2 Å². The molecule has 1 fully saturated rings. The average Bonchev–Trinajstić information content (AvgIpc) is 3.29. The van der Waals surface area contributed by atoms with Crippen LogP contribution in [0.3, 0.4) is 0 Å². The molecule has 0 unspecified atom stereocenters. The molecule has 4 rings (SSSR count). The summed E-state index contributed by atoms with van der Waals surface area (Å²) in [7, 11) is -0.194. The maximum absolute atomic E-state index is 12.6. The van der Waals surface area contributed by atoms with E-state index in [-0.39, 0.29) is 18.1 Å². The van der Waals surface area contributed by atoms with Gasteiger partial charge in [-0.25, -0.2) is 8.42 Å². The molecule has 1 saturated heterocycles. The van der Waals surface area contributed by atoms with Crippen LogP contribution in [0.25, 0.3) is 10.9 Å². The first kappa shape index (κ1) is 20.0. The quantitative estimate of drug-likeness (QED) is 0.620. The number of nitrogens with one attached hydrogen (secondary N) is 2. The highest BCUT2D eigenvalue weighted by Crippen LogP contribution is 2.30. The number of methoxy groups -OCH3 is 2. The summed E-state index contributed by atoms with van der Waals surface area (Å²) in [6.07, 6.45) is 0.696. The highest BCUT2D eigenvalue weighted by molar-refractivity contribution is 7.93. The molecule has 9 nitrogen and oxygen atoms in total. The third-order valence-corrected chi connectivity index (χ3v) is 6.84. The molecule has 0 spiro atoms. The molecule has 1 amide bonds. The Morgan fingerprint density at radius 3 is 2.53 bits per heavy atom. The van der Waals surface area contributed by atoms with E-state index in [9.17, 15) is 13.2 Å². The maximum Gasteiger partial charge on any atom is 0.235 e.